The number of aliphatic hydroxyl groups excluding tert-OH is 3. The van der Waals surface area contributed by atoms with Crippen molar-refractivity contribution in [1.29, 1.82) is 0 Å². The summed E-state index contributed by atoms with van der Waals surface area (Å²) in [4.78, 5) is 0. The highest BCUT2D eigenvalue weighted by Crippen LogP contribution is 2.18. The second-order valence-corrected chi connectivity index (χ2v) is 6.26. The Kier molecular flexibility index (Phi) is 11.5. The van der Waals surface area contributed by atoms with Crippen molar-refractivity contribution in [2.45, 2.75) is 82.7 Å². The minimum absolute atomic E-state index is 0.0322. The molecule has 1 fully saturated rings. The maximum atomic E-state index is 9.92. The van der Waals surface area contributed by atoms with Gasteiger partial charge in [-0.15, -0.1) is 0 Å². The van der Waals surface area contributed by atoms with Crippen LogP contribution in [0.15, 0.2) is 12.2 Å². The summed E-state index contributed by atoms with van der Waals surface area (Å²) in [7, 11) is 0. The summed E-state index contributed by atoms with van der Waals surface area (Å²) in [5, 5.41) is 28.7. The number of hydrogen-bond donors (Lipinski definition) is 3. The molecule has 5 nitrogen and oxygen atoms in total. The van der Waals surface area contributed by atoms with E-state index in [1.807, 2.05) is 0 Å². The highest BCUT2D eigenvalue weighted by Gasteiger charge is 2.39. The zero-order valence-electron chi connectivity index (χ0n) is 14.4. The van der Waals surface area contributed by atoms with E-state index in [0.29, 0.717) is 6.61 Å². The Labute approximate surface area is 140 Å². The van der Waals surface area contributed by atoms with Gasteiger partial charge in [-0.3, -0.25) is 0 Å². The molecular formula is C18H34O5. The molecule has 3 N–H and O–H groups in total. The normalized spacial score (nSPS) is 28.5. The molecule has 5 heteroatoms. The lowest BCUT2D eigenvalue weighted by Crippen LogP contribution is -2.55. The molecule has 0 bridgehead atoms. The van der Waals surface area contributed by atoms with Crippen molar-refractivity contribution in [2.24, 2.45) is 0 Å². The highest BCUT2D eigenvalue weighted by molar-refractivity contribution is 4.88. The molecule has 0 aromatic carbocycles. The SMILES string of the molecule is CCCCCCCC/C=C/CCO[C@H]1[C@H](O)[C@@H](O)CO[C@@H]1CO. The Morgan fingerprint density at radius 2 is 1.74 bits per heavy atom. The fourth-order valence-corrected chi connectivity index (χ4v) is 2.77. The van der Waals surface area contributed by atoms with Crippen LogP contribution in [0.4, 0.5) is 0 Å². The van der Waals surface area contributed by atoms with E-state index in [1.54, 1.807) is 0 Å². The minimum Gasteiger partial charge on any atom is -0.394 e. The quantitative estimate of drug-likeness (QED) is 0.377. The van der Waals surface area contributed by atoms with Gasteiger partial charge >= 0.3 is 0 Å². The van der Waals surface area contributed by atoms with Crippen molar-refractivity contribution >= 4 is 0 Å². The Morgan fingerprint density at radius 3 is 2.48 bits per heavy atom. The Morgan fingerprint density at radius 1 is 1.04 bits per heavy atom. The van der Waals surface area contributed by atoms with Gasteiger partial charge in [-0.2, -0.15) is 0 Å². The van der Waals surface area contributed by atoms with Gasteiger partial charge in [0.2, 0.25) is 0 Å². The molecule has 0 unspecified atom stereocenters. The summed E-state index contributed by atoms with van der Waals surface area (Å²) in [6.45, 7) is 2.49. The van der Waals surface area contributed by atoms with Crippen LogP contribution in [0.1, 0.15) is 58.3 Å². The number of unbranched alkanes of at least 4 members (excludes halogenated alkanes) is 6. The molecule has 4 atom stereocenters. The third-order valence-corrected chi connectivity index (χ3v) is 4.24. The van der Waals surface area contributed by atoms with E-state index in [4.69, 9.17) is 9.47 Å². The van der Waals surface area contributed by atoms with E-state index in [9.17, 15) is 15.3 Å². The average molecular weight is 330 g/mol. The average Bonchev–Trinajstić information content (AvgIpc) is 2.56. The number of ether oxygens (including phenoxy) is 2. The van der Waals surface area contributed by atoms with Crippen molar-refractivity contribution in [3.63, 3.8) is 0 Å². The van der Waals surface area contributed by atoms with E-state index in [0.717, 1.165) is 12.8 Å². The summed E-state index contributed by atoms with van der Waals surface area (Å²) in [5.41, 5.74) is 0. The molecule has 136 valence electrons. The molecule has 1 saturated heterocycles. The number of aliphatic hydroxyl groups is 3. The zero-order valence-corrected chi connectivity index (χ0v) is 14.4. The maximum Gasteiger partial charge on any atom is 0.114 e. The minimum atomic E-state index is -1.01. The van der Waals surface area contributed by atoms with Gasteiger partial charge < -0.3 is 24.8 Å². The lowest BCUT2D eigenvalue weighted by atomic mass is 10.0. The van der Waals surface area contributed by atoms with Crippen molar-refractivity contribution in [3.8, 4) is 0 Å². The van der Waals surface area contributed by atoms with Gasteiger partial charge in [0.1, 0.15) is 24.4 Å². The van der Waals surface area contributed by atoms with Crippen LogP contribution in [-0.4, -0.2) is 59.6 Å². The first-order chi connectivity index (χ1) is 11.2. The predicted octanol–water partition coefficient (Wildman–Crippen LogP) is 2.18. The Bertz CT molecular complexity index is 306. The first kappa shape index (κ1) is 20.6. The predicted molar refractivity (Wildman–Crippen MR) is 90.3 cm³/mol. The van der Waals surface area contributed by atoms with Crippen molar-refractivity contribution in [1.82, 2.24) is 0 Å². The standard InChI is InChI=1S/C18H34O5/c1-2-3-4-5-6-7-8-9-10-11-12-22-18-16(13-19)23-14-15(20)17(18)21/h9-10,15-21H,2-8,11-14H2,1H3/b10-9+/t15-,16+,17+,18+/m0/s1. The van der Waals surface area contributed by atoms with Crippen LogP contribution < -0.4 is 0 Å². The fraction of sp³-hybridized carbons (Fsp3) is 0.889. The van der Waals surface area contributed by atoms with Crippen LogP contribution in [0.25, 0.3) is 0 Å². The maximum absolute atomic E-state index is 9.92. The lowest BCUT2D eigenvalue weighted by molar-refractivity contribution is -0.211. The van der Waals surface area contributed by atoms with Crippen LogP contribution in [0.5, 0.6) is 0 Å². The van der Waals surface area contributed by atoms with Gasteiger partial charge in [0.05, 0.1) is 19.8 Å². The van der Waals surface area contributed by atoms with Crippen LogP contribution in [0, 0.1) is 0 Å². The molecular weight excluding hydrogens is 296 g/mol. The van der Waals surface area contributed by atoms with E-state index in [1.165, 1.54) is 38.5 Å². The second kappa shape index (κ2) is 12.9. The van der Waals surface area contributed by atoms with Gasteiger partial charge in [-0.25, -0.2) is 0 Å². The molecule has 0 radical (unpaired) electrons. The van der Waals surface area contributed by atoms with E-state index < -0.39 is 24.4 Å². The number of hydrogen-bond acceptors (Lipinski definition) is 5. The highest BCUT2D eigenvalue weighted by atomic mass is 16.6. The first-order valence-electron chi connectivity index (χ1n) is 9.05. The summed E-state index contributed by atoms with van der Waals surface area (Å²) in [6.07, 6.45) is 10.7. The first-order valence-corrected chi connectivity index (χ1v) is 9.05. The van der Waals surface area contributed by atoms with Crippen LogP contribution in [0.2, 0.25) is 0 Å². The van der Waals surface area contributed by atoms with Crippen LogP contribution >= 0.6 is 0 Å². The van der Waals surface area contributed by atoms with Crippen LogP contribution in [0.3, 0.4) is 0 Å². The van der Waals surface area contributed by atoms with Gasteiger partial charge in [-0.05, 0) is 19.3 Å². The zero-order chi connectivity index (χ0) is 16.9. The topological polar surface area (TPSA) is 79.2 Å². The number of allylic oxidation sites excluding steroid dienone is 1. The van der Waals surface area contributed by atoms with E-state index >= 15 is 0 Å². The van der Waals surface area contributed by atoms with Crippen molar-refractivity contribution in [3.05, 3.63) is 12.2 Å². The molecule has 0 saturated carbocycles. The molecule has 1 rings (SSSR count). The van der Waals surface area contributed by atoms with Crippen LogP contribution in [-0.2, 0) is 9.47 Å². The molecule has 0 aromatic rings. The molecule has 1 aliphatic heterocycles. The summed E-state index contributed by atoms with van der Waals surface area (Å²) >= 11 is 0. The van der Waals surface area contributed by atoms with Gasteiger partial charge in [0.25, 0.3) is 0 Å². The second-order valence-electron chi connectivity index (χ2n) is 6.26. The van der Waals surface area contributed by atoms with Gasteiger partial charge in [0.15, 0.2) is 0 Å². The third kappa shape index (κ3) is 8.27. The number of rotatable bonds is 12. The molecule has 0 spiro atoms. The fourth-order valence-electron chi connectivity index (χ4n) is 2.77. The van der Waals surface area contributed by atoms with E-state index in [-0.39, 0.29) is 13.2 Å². The molecule has 23 heavy (non-hydrogen) atoms. The molecule has 0 aromatic heterocycles. The van der Waals surface area contributed by atoms with Gasteiger partial charge in [-0.1, -0.05) is 51.2 Å². The largest absolute Gasteiger partial charge is 0.394 e. The Hall–Kier alpha value is -0.460. The van der Waals surface area contributed by atoms with Crippen molar-refractivity contribution < 1.29 is 24.8 Å². The Balaban J connectivity index is 2.07. The lowest BCUT2D eigenvalue weighted by Gasteiger charge is -2.37. The smallest absolute Gasteiger partial charge is 0.114 e. The monoisotopic (exact) mass is 330 g/mol. The third-order valence-electron chi connectivity index (χ3n) is 4.24. The molecule has 1 aliphatic rings. The van der Waals surface area contributed by atoms with E-state index in [2.05, 4.69) is 19.1 Å². The van der Waals surface area contributed by atoms with Gasteiger partial charge in [0, 0.05) is 0 Å². The summed E-state index contributed by atoms with van der Waals surface area (Å²) in [5.74, 6) is 0. The molecule has 1 heterocycles. The summed E-state index contributed by atoms with van der Waals surface area (Å²) < 4.78 is 10.9. The summed E-state index contributed by atoms with van der Waals surface area (Å²) in [6, 6.07) is 0. The van der Waals surface area contributed by atoms with Crippen molar-refractivity contribution in [2.75, 3.05) is 19.8 Å². The molecule has 0 aliphatic carbocycles. The molecule has 0 amide bonds.